The van der Waals surface area contributed by atoms with Crippen LogP contribution in [-0.4, -0.2) is 0 Å². The van der Waals surface area contributed by atoms with Gasteiger partial charge in [-0.15, -0.1) is 22.9 Å². The minimum Gasteiger partial charge on any atom is -0.166 e. The van der Waals surface area contributed by atoms with Crippen molar-refractivity contribution in [2.24, 2.45) is 0 Å². The van der Waals surface area contributed by atoms with E-state index in [4.69, 9.17) is 23.2 Å². The summed E-state index contributed by atoms with van der Waals surface area (Å²) in [5.74, 6) is 0. The molecule has 0 aliphatic rings. The molecule has 0 radical (unpaired) electrons. The van der Waals surface area contributed by atoms with Crippen LogP contribution in [0.5, 0.6) is 0 Å². The molecule has 0 nitrogen and oxygen atoms in total. The van der Waals surface area contributed by atoms with Crippen LogP contribution in [0.4, 0.5) is 13.2 Å². The van der Waals surface area contributed by atoms with Gasteiger partial charge in [0.05, 0.1) is 19.7 Å². The second-order valence-corrected chi connectivity index (χ2v) is 6.96. The van der Waals surface area contributed by atoms with Gasteiger partial charge in [-0.1, -0.05) is 29.8 Å². The van der Waals surface area contributed by atoms with E-state index in [1.165, 1.54) is 29.5 Å². The molecule has 102 valence electrons. The van der Waals surface area contributed by atoms with Crippen molar-refractivity contribution in [2.75, 3.05) is 0 Å². The molecule has 0 saturated carbocycles. The van der Waals surface area contributed by atoms with Gasteiger partial charge in [0, 0.05) is 4.88 Å². The van der Waals surface area contributed by atoms with Gasteiger partial charge in [0.25, 0.3) is 0 Å². The Hall–Kier alpha value is -0.230. The summed E-state index contributed by atoms with van der Waals surface area (Å²) in [4.78, 5) is 0.565. The highest BCUT2D eigenvalue weighted by Crippen LogP contribution is 2.43. The Bertz CT molecular complexity index is 575. The summed E-state index contributed by atoms with van der Waals surface area (Å²) in [6.45, 7) is 0. The Morgan fingerprint density at radius 2 is 1.84 bits per heavy atom. The van der Waals surface area contributed by atoms with Crippen LogP contribution < -0.4 is 0 Å². The van der Waals surface area contributed by atoms with E-state index in [1.54, 1.807) is 6.07 Å². The van der Waals surface area contributed by atoms with E-state index in [0.717, 1.165) is 6.07 Å². The van der Waals surface area contributed by atoms with Crippen molar-refractivity contribution in [1.82, 2.24) is 0 Å². The lowest BCUT2D eigenvalue weighted by Gasteiger charge is -2.15. The molecule has 0 aliphatic heterocycles. The van der Waals surface area contributed by atoms with Gasteiger partial charge < -0.3 is 0 Å². The summed E-state index contributed by atoms with van der Waals surface area (Å²) in [7, 11) is 0. The number of hydrogen-bond acceptors (Lipinski definition) is 1. The maximum absolute atomic E-state index is 12.9. The molecule has 0 spiro atoms. The van der Waals surface area contributed by atoms with E-state index in [2.05, 4.69) is 15.9 Å². The Kier molecular flexibility index (Phi) is 4.50. The predicted molar refractivity (Wildman–Crippen MR) is 76.2 cm³/mol. The minimum atomic E-state index is -4.43. The fraction of sp³-hybridized carbons (Fsp3) is 0.167. The van der Waals surface area contributed by atoms with Crippen LogP contribution in [0.25, 0.3) is 0 Å². The maximum Gasteiger partial charge on any atom is 0.416 e. The van der Waals surface area contributed by atoms with E-state index in [-0.39, 0.29) is 5.56 Å². The Labute approximate surface area is 130 Å². The quantitative estimate of drug-likeness (QED) is 0.513. The molecule has 0 fully saturated rings. The van der Waals surface area contributed by atoms with Crippen LogP contribution in [0.15, 0.2) is 34.1 Å². The van der Waals surface area contributed by atoms with Crippen LogP contribution in [0, 0.1) is 0 Å². The van der Waals surface area contributed by atoms with Gasteiger partial charge in [-0.2, -0.15) is 13.2 Å². The zero-order chi connectivity index (χ0) is 14.2. The number of alkyl halides is 4. The lowest BCUT2D eigenvalue weighted by atomic mass is 10.0. The first kappa shape index (κ1) is 15.2. The third kappa shape index (κ3) is 3.27. The monoisotopic (exact) mass is 388 g/mol. The van der Waals surface area contributed by atoms with Crippen molar-refractivity contribution in [3.63, 3.8) is 0 Å². The van der Waals surface area contributed by atoms with Crippen LogP contribution in [0.2, 0.25) is 5.02 Å². The number of thiophene rings is 1. The first-order valence-electron chi connectivity index (χ1n) is 5.05. The molecule has 0 saturated heterocycles. The van der Waals surface area contributed by atoms with Crippen LogP contribution in [0.1, 0.15) is 21.4 Å². The summed E-state index contributed by atoms with van der Waals surface area (Å²) in [5, 5.41) is -0.443. The third-order valence-corrected chi connectivity index (χ3v) is 5.59. The topological polar surface area (TPSA) is 0 Å². The highest BCUT2D eigenvalue weighted by Gasteiger charge is 2.35. The van der Waals surface area contributed by atoms with Gasteiger partial charge in [-0.3, -0.25) is 0 Å². The standard InChI is InChI=1S/C12H6BrCl2F3S/c13-11-8(14)5-9(19-11)10(15)6-3-1-2-4-7(6)12(16,17)18/h1-5,10H. The molecule has 19 heavy (non-hydrogen) atoms. The van der Waals surface area contributed by atoms with Crippen molar-refractivity contribution < 1.29 is 13.2 Å². The zero-order valence-electron chi connectivity index (χ0n) is 9.14. The maximum atomic E-state index is 12.9. The molecular formula is C12H6BrCl2F3S. The first-order chi connectivity index (χ1) is 8.80. The fourth-order valence-corrected chi connectivity index (χ4v) is 3.75. The lowest BCUT2D eigenvalue weighted by molar-refractivity contribution is -0.138. The second-order valence-electron chi connectivity index (χ2n) is 3.72. The average molecular weight is 390 g/mol. The number of hydrogen-bond donors (Lipinski definition) is 0. The average Bonchev–Trinajstić information content (AvgIpc) is 2.68. The Morgan fingerprint density at radius 1 is 1.21 bits per heavy atom. The highest BCUT2D eigenvalue weighted by molar-refractivity contribution is 9.11. The summed E-state index contributed by atoms with van der Waals surface area (Å²) < 4.78 is 39.4. The summed E-state index contributed by atoms with van der Waals surface area (Å²) in [6.07, 6.45) is -4.43. The Morgan fingerprint density at radius 3 is 2.37 bits per heavy atom. The summed E-state index contributed by atoms with van der Waals surface area (Å²) >= 11 is 16.5. The van der Waals surface area contributed by atoms with Crippen molar-refractivity contribution in [2.45, 2.75) is 11.6 Å². The third-order valence-electron chi connectivity index (χ3n) is 2.45. The van der Waals surface area contributed by atoms with E-state index in [9.17, 15) is 13.2 Å². The molecule has 1 atom stereocenters. The number of benzene rings is 1. The molecule has 0 amide bonds. The predicted octanol–water partition coefficient (Wildman–Crippen LogP) is 6.51. The largest absolute Gasteiger partial charge is 0.416 e. The van der Waals surface area contributed by atoms with Gasteiger partial charge in [-0.05, 0) is 33.6 Å². The van der Waals surface area contributed by atoms with Gasteiger partial charge in [0.15, 0.2) is 0 Å². The molecule has 0 bridgehead atoms. The molecule has 2 aromatic rings. The minimum absolute atomic E-state index is 0.0297. The van der Waals surface area contributed by atoms with Gasteiger partial charge in [0.1, 0.15) is 0 Å². The first-order valence-corrected chi connectivity index (χ1v) is 7.48. The molecule has 2 rings (SSSR count). The van der Waals surface area contributed by atoms with Gasteiger partial charge >= 0.3 is 6.18 Å². The lowest BCUT2D eigenvalue weighted by Crippen LogP contribution is -2.10. The molecule has 1 aromatic heterocycles. The molecular weight excluding hydrogens is 384 g/mol. The molecule has 7 heteroatoms. The summed E-state index contributed by atoms with van der Waals surface area (Å²) in [5.41, 5.74) is -0.697. The molecule has 1 unspecified atom stereocenters. The fourth-order valence-electron chi connectivity index (χ4n) is 1.62. The SMILES string of the molecule is FC(F)(F)c1ccccc1C(Cl)c1cc(Cl)c(Br)s1. The normalized spacial score (nSPS) is 13.6. The van der Waals surface area contributed by atoms with E-state index in [0.29, 0.717) is 13.7 Å². The van der Waals surface area contributed by atoms with Crippen molar-refractivity contribution >= 4 is 50.5 Å². The van der Waals surface area contributed by atoms with E-state index >= 15 is 0 Å². The van der Waals surface area contributed by atoms with E-state index in [1.807, 2.05) is 0 Å². The second kappa shape index (κ2) is 5.64. The molecule has 1 heterocycles. The van der Waals surface area contributed by atoms with E-state index < -0.39 is 17.1 Å². The van der Waals surface area contributed by atoms with Gasteiger partial charge in [-0.25, -0.2) is 0 Å². The van der Waals surface area contributed by atoms with Crippen LogP contribution in [-0.2, 0) is 6.18 Å². The van der Waals surface area contributed by atoms with Crippen molar-refractivity contribution in [3.8, 4) is 0 Å². The number of rotatable bonds is 2. The van der Waals surface area contributed by atoms with Crippen molar-refractivity contribution in [1.29, 1.82) is 0 Å². The molecule has 1 aromatic carbocycles. The Balaban J connectivity index is 2.47. The van der Waals surface area contributed by atoms with Crippen LogP contribution in [0.3, 0.4) is 0 Å². The molecule has 0 N–H and O–H groups in total. The van der Waals surface area contributed by atoms with Crippen LogP contribution >= 0.6 is 50.5 Å². The molecule has 0 aliphatic carbocycles. The van der Waals surface area contributed by atoms with Crippen molar-refractivity contribution in [3.05, 3.63) is 55.1 Å². The van der Waals surface area contributed by atoms with Gasteiger partial charge in [0.2, 0.25) is 0 Å². The number of halogens is 6. The zero-order valence-corrected chi connectivity index (χ0v) is 13.1. The highest BCUT2D eigenvalue weighted by atomic mass is 79.9. The smallest absolute Gasteiger partial charge is 0.166 e. The summed E-state index contributed by atoms with van der Waals surface area (Å²) in [6, 6.07) is 6.84.